The maximum absolute atomic E-state index is 12.7. The molecular formula is C21H30N2O. The van der Waals surface area contributed by atoms with Gasteiger partial charge < -0.3 is 9.88 Å². The molecule has 0 bridgehead atoms. The van der Waals surface area contributed by atoms with Gasteiger partial charge in [-0.25, -0.2) is 0 Å². The van der Waals surface area contributed by atoms with Crippen molar-refractivity contribution in [2.24, 2.45) is 23.7 Å². The van der Waals surface area contributed by atoms with Crippen molar-refractivity contribution in [3.63, 3.8) is 0 Å². The lowest BCUT2D eigenvalue weighted by Crippen LogP contribution is -2.41. The first kappa shape index (κ1) is 17.1. The van der Waals surface area contributed by atoms with E-state index in [2.05, 4.69) is 67.2 Å². The second kappa shape index (κ2) is 7.42. The number of nitrogens with zero attached hydrogens (tertiary/aromatic N) is 1. The number of hydrogen-bond donors (Lipinski definition) is 1. The van der Waals surface area contributed by atoms with Crippen LogP contribution in [0.25, 0.3) is 10.9 Å². The predicted molar refractivity (Wildman–Crippen MR) is 99.8 cm³/mol. The van der Waals surface area contributed by atoms with Gasteiger partial charge in [0, 0.05) is 30.7 Å². The van der Waals surface area contributed by atoms with E-state index in [1.54, 1.807) is 0 Å². The van der Waals surface area contributed by atoms with Crippen LogP contribution in [0.3, 0.4) is 0 Å². The standard InChI is InChI=1S/C21H30N2O/c1-15(2)18-9-8-16(3)14-19(18)21(24)22-11-13-23-12-10-17-6-4-5-7-20(17)23/h4-7,10,12,15-16,18-19H,8-9,11,13-14H2,1-3H3,(H,22,24). The Hall–Kier alpha value is -1.77. The van der Waals surface area contributed by atoms with Crippen molar-refractivity contribution in [3.05, 3.63) is 36.5 Å². The van der Waals surface area contributed by atoms with E-state index in [9.17, 15) is 4.79 Å². The van der Waals surface area contributed by atoms with Crippen LogP contribution in [-0.2, 0) is 11.3 Å². The fourth-order valence-electron chi connectivity index (χ4n) is 4.27. The molecule has 1 aliphatic rings. The minimum atomic E-state index is 0.190. The second-order valence-corrected chi connectivity index (χ2v) is 7.79. The molecule has 1 N–H and O–H groups in total. The SMILES string of the molecule is CC1CCC(C(C)C)C(C(=O)NCCn2ccc3ccccc32)C1. The molecule has 1 aliphatic carbocycles. The van der Waals surface area contributed by atoms with Crippen molar-refractivity contribution < 1.29 is 4.79 Å². The maximum Gasteiger partial charge on any atom is 0.223 e. The molecule has 24 heavy (non-hydrogen) atoms. The molecule has 130 valence electrons. The molecule has 1 aromatic heterocycles. The Morgan fingerprint density at radius 2 is 2.04 bits per heavy atom. The molecule has 1 aromatic carbocycles. The molecule has 3 rings (SSSR count). The summed E-state index contributed by atoms with van der Waals surface area (Å²) in [5.41, 5.74) is 1.23. The summed E-state index contributed by atoms with van der Waals surface area (Å²) < 4.78 is 2.22. The zero-order chi connectivity index (χ0) is 17.1. The van der Waals surface area contributed by atoms with Crippen LogP contribution in [0.2, 0.25) is 0 Å². The highest BCUT2D eigenvalue weighted by Gasteiger charge is 2.35. The molecule has 0 spiro atoms. The fourth-order valence-corrected chi connectivity index (χ4v) is 4.27. The van der Waals surface area contributed by atoms with Crippen LogP contribution < -0.4 is 5.32 Å². The number of benzene rings is 1. The first-order valence-corrected chi connectivity index (χ1v) is 9.38. The van der Waals surface area contributed by atoms with Gasteiger partial charge in [0.25, 0.3) is 0 Å². The monoisotopic (exact) mass is 326 g/mol. The second-order valence-electron chi connectivity index (χ2n) is 7.79. The van der Waals surface area contributed by atoms with Crippen molar-refractivity contribution in [2.75, 3.05) is 6.54 Å². The summed E-state index contributed by atoms with van der Waals surface area (Å²) in [5.74, 6) is 2.24. The maximum atomic E-state index is 12.7. The van der Waals surface area contributed by atoms with Crippen LogP contribution in [0, 0.1) is 23.7 Å². The van der Waals surface area contributed by atoms with Gasteiger partial charge >= 0.3 is 0 Å². The van der Waals surface area contributed by atoms with E-state index in [1.165, 1.54) is 23.7 Å². The molecule has 1 saturated carbocycles. The van der Waals surface area contributed by atoms with E-state index in [4.69, 9.17) is 0 Å². The third kappa shape index (κ3) is 3.66. The Labute approximate surface area is 145 Å². The third-order valence-corrected chi connectivity index (χ3v) is 5.69. The number of para-hydroxylation sites is 1. The number of carbonyl (C=O) groups is 1. The van der Waals surface area contributed by atoms with Crippen molar-refractivity contribution in [2.45, 2.75) is 46.6 Å². The lowest BCUT2D eigenvalue weighted by molar-refractivity contribution is -0.129. The smallest absolute Gasteiger partial charge is 0.223 e. The summed E-state index contributed by atoms with van der Waals surface area (Å²) in [6.45, 7) is 8.32. The third-order valence-electron chi connectivity index (χ3n) is 5.69. The Morgan fingerprint density at radius 1 is 1.25 bits per heavy atom. The van der Waals surface area contributed by atoms with Crippen LogP contribution in [0.15, 0.2) is 36.5 Å². The fraction of sp³-hybridized carbons (Fsp3) is 0.571. The number of rotatable bonds is 5. The zero-order valence-electron chi connectivity index (χ0n) is 15.2. The summed E-state index contributed by atoms with van der Waals surface area (Å²) >= 11 is 0. The zero-order valence-corrected chi connectivity index (χ0v) is 15.2. The molecule has 0 radical (unpaired) electrons. The van der Waals surface area contributed by atoms with Crippen LogP contribution in [0.5, 0.6) is 0 Å². The molecule has 3 heteroatoms. The van der Waals surface area contributed by atoms with Gasteiger partial charge in [-0.1, -0.05) is 45.4 Å². The van der Waals surface area contributed by atoms with Gasteiger partial charge in [0.05, 0.1) is 0 Å². The highest BCUT2D eigenvalue weighted by atomic mass is 16.1. The van der Waals surface area contributed by atoms with Gasteiger partial charge in [0.2, 0.25) is 5.91 Å². The summed E-state index contributed by atoms with van der Waals surface area (Å²) in [6.07, 6.45) is 5.61. The predicted octanol–water partition coefficient (Wildman–Crippen LogP) is 4.47. The van der Waals surface area contributed by atoms with Gasteiger partial charge in [-0.05, 0) is 48.1 Å². The van der Waals surface area contributed by atoms with E-state index in [0.717, 1.165) is 13.0 Å². The van der Waals surface area contributed by atoms with Gasteiger partial charge in [-0.15, -0.1) is 0 Å². The Bertz CT molecular complexity index is 688. The topological polar surface area (TPSA) is 34.0 Å². The van der Waals surface area contributed by atoms with Crippen molar-refractivity contribution >= 4 is 16.8 Å². The number of aromatic nitrogens is 1. The minimum absolute atomic E-state index is 0.190. The Morgan fingerprint density at radius 3 is 2.83 bits per heavy atom. The van der Waals surface area contributed by atoms with Crippen molar-refractivity contribution in [1.29, 1.82) is 0 Å². The van der Waals surface area contributed by atoms with Gasteiger partial charge in [-0.2, -0.15) is 0 Å². The van der Waals surface area contributed by atoms with Crippen molar-refractivity contribution in [1.82, 2.24) is 9.88 Å². The highest BCUT2D eigenvalue weighted by molar-refractivity contribution is 5.80. The van der Waals surface area contributed by atoms with Crippen LogP contribution >= 0.6 is 0 Å². The summed E-state index contributed by atoms with van der Waals surface area (Å²) in [6, 6.07) is 10.5. The first-order valence-electron chi connectivity index (χ1n) is 9.38. The summed E-state index contributed by atoms with van der Waals surface area (Å²) in [7, 11) is 0. The molecule has 2 aromatic rings. The average molecular weight is 326 g/mol. The molecular weight excluding hydrogens is 296 g/mol. The minimum Gasteiger partial charge on any atom is -0.354 e. The molecule has 3 nitrogen and oxygen atoms in total. The Balaban J connectivity index is 1.58. The molecule has 3 unspecified atom stereocenters. The number of amides is 1. The van der Waals surface area contributed by atoms with Gasteiger partial charge in [0.15, 0.2) is 0 Å². The van der Waals surface area contributed by atoms with E-state index in [1.807, 2.05) is 0 Å². The van der Waals surface area contributed by atoms with Crippen LogP contribution in [0.4, 0.5) is 0 Å². The van der Waals surface area contributed by atoms with E-state index in [-0.39, 0.29) is 11.8 Å². The summed E-state index contributed by atoms with van der Waals surface area (Å²) in [5, 5.41) is 4.46. The molecule has 0 aliphatic heterocycles. The molecule has 1 heterocycles. The largest absolute Gasteiger partial charge is 0.354 e. The van der Waals surface area contributed by atoms with Gasteiger partial charge in [-0.3, -0.25) is 4.79 Å². The average Bonchev–Trinajstić information content (AvgIpc) is 2.98. The number of nitrogens with one attached hydrogen (secondary N) is 1. The van der Waals surface area contributed by atoms with E-state index < -0.39 is 0 Å². The van der Waals surface area contributed by atoms with E-state index >= 15 is 0 Å². The van der Waals surface area contributed by atoms with Crippen molar-refractivity contribution in [3.8, 4) is 0 Å². The quantitative estimate of drug-likeness (QED) is 0.864. The summed E-state index contributed by atoms with van der Waals surface area (Å²) in [4.78, 5) is 12.7. The lowest BCUT2D eigenvalue weighted by atomic mass is 9.70. The molecule has 1 amide bonds. The number of hydrogen-bond acceptors (Lipinski definition) is 1. The molecule has 1 fully saturated rings. The first-order chi connectivity index (χ1) is 11.6. The number of fused-ring (bicyclic) bond motifs is 1. The normalized spacial score (nSPS) is 24.4. The number of carbonyl (C=O) groups excluding carboxylic acids is 1. The molecule has 3 atom stereocenters. The lowest BCUT2D eigenvalue weighted by Gasteiger charge is -2.36. The molecule has 0 saturated heterocycles. The van der Waals surface area contributed by atoms with E-state index in [0.29, 0.717) is 24.3 Å². The van der Waals surface area contributed by atoms with Crippen LogP contribution in [0.1, 0.15) is 40.0 Å². The highest BCUT2D eigenvalue weighted by Crippen LogP contribution is 2.38. The Kier molecular flexibility index (Phi) is 5.27. The van der Waals surface area contributed by atoms with Gasteiger partial charge in [0.1, 0.15) is 0 Å². The van der Waals surface area contributed by atoms with Crippen LogP contribution in [-0.4, -0.2) is 17.0 Å².